The summed E-state index contributed by atoms with van der Waals surface area (Å²) in [6.45, 7) is 0. The Morgan fingerprint density at radius 2 is 2.08 bits per heavy atom. The van der Waals surface area contributed by atoms with Crippen LogP contribution in [0.1, 0.15) is 21.6 Å². The lowest BCUT2D eigenvalue weighted by molar-refractivity contribution is 0.102. The van der Waals surface area contributed by atoms with E-state index in [0.717, 1.165) is 11.1 Å². The highest BCUT2D eigenvalue weighted by molar-refractivity contribution is 6.30. The van der Waals surface area contributed by atoms with Crippen molar-refractivity contribution in [1.82, 2.24) is 14.8 Å². The number of nitrogens with zero attached hydrogens (tertiary/aromatic N) is 3. The quantitative estimate of drug-likeness (QED) is 0.763. The Morgan fingerprint density at radius 3 is 2.71 bits per heavy atom. The first kappa shape index (κ1) is 16.0. The lowest BCUT2D eigenvalue weighted by atomic mass is 10.1. The van der Waals surface area contributed by atoms with E-state index in [1.165, 1.54) is 10.7 Å². The van der Waals surface area contributed by atoms with Crippen LogP contribution in [0.25, 0.3) is 0 Å². The van der Waals surface area contributed by atoms with Gasteiger partial charge in [0.2, 0.25) is 5.88 Å². The molecule has 0 spiro atoms. The van der Waals surface area contributed by atoms with Gasteiger partial charge in [0.05, 0.1) is 0 Å². The average Bonchev–Trinajstić information content (AvgIpc) is 2.89. The van der Waals surface area contributed by atoms with Gasteiger partial charge in [-0.25, -0.2) is 9.67 Å². The van der Waals surface area contributed by atoms with Gasteiger partial charge in [-0.1, -0.05) is 29.8 Å². The zero-order valence-corrected chi connectivity index (χ0v) is 13.7. The Labute approximate surface area is 143 Å². The molecule has 0 aliphatic carbocycles. The summed E-state index contributed by atoms with van der Waals surface area (Å²) in [6.07, 6.45) is 2.41. The van der Waals surface area contributed by atoms with Crippen molar-refractivity contribution in [3.05, 3.63) is 70.5 Å². The largest absolute Gasteiger partial charge is 0.493 e. The van der Waals surface area contributed by atoms with Crippen LogP contribution in [0.4, 0.5) is 5.82 Å². The number of halogens is 1. The highest BCUT2D eigenvalue weighted by Gasteiger charge is 2.13. The maximum absolute atomic E-state index is 12.0. The number of pyridine rings is 1. The highest BCUT2D eigenvalue weighted by atomic mass is 35.5. The third kappa shape index (κ3) is 3.72. The average molecular weight is 343 g/mol. The number of nitrogens with one attached hydrogen (secondary N) is 1. The maximum atomic E-state index is 12.0. The van der Waals surface area contributed by atoms with Crippen LogP contribution < -0.4 is 5.32 Å². The monoisotopic (exact) mass is 342 g/mol. The molecule has 7 heteroatoms. The Bertz CT molecular complexity index is 855. The Balaban J connectivity index is 1.67. The fourth-order valence-corrected chi connectivity index (χ4v) is 2.45. The van der Waals surface area contributed by atoms with Gasteiger partial charge < -0.3 is 10.4 Å². The molecule has 0 atom stereocenters. The SMILES string of the molecule is Cn1nc(C(=O)Nc2ccc(Cc3cccc(Cl)c3)cn2)cc1O. The standard InChI is InChI=1S/C17H15ClN4O2/c1-22-16(23)9-14(21-22)17(24)20-15-6-5-12(10-19-15)7-11-3-2-4-13(18)8-11/h2-6,8-10,23H,7H2,1H3,(H,19,20,24). The van der Waals surface area contributed by atoms with Gasteiger partial charge >= 0.3 is 0 Å². The molecular formula is C17H15ClN4O2. The summed E-state index contributed by atoms with van der Waals surface area (Å²) in [5, 5.41) is 16.7. The van der Waals surface area contributed by atoms with E-state index in [2.05, 4.69) is 15.4 Å². The minimum atomic E-state index is -0.430. The van der Waals surface area contributed by atoms with Crippen LogP contribution in [0, 0.1) is 0 Å². The summed E-state index contributed by atoms with van der Waals surface area (Å²) in [5.74, 6) is -0.0917. The lowest BCUT2D eigenvalue weighted by Gasteiger charge is -2.05. The summed E-state index contributed by atoms with van der Waals surface area (Å²) in [6, 6.07) is 12.5. The molecular weight excluding hydrogens is 328 g/mol. The summed E-state index contributed by atoms with van der Waals surface area (Å²) >= 11 is 5.98. The van der Waals surface area contributed by atoms with Crippen molar-refractivity contribution in [1.29, 1.82) is 0 Å². The molecule has 0 saturated carbocycles. The van der Waals surface area contributed by atoms with Gasteiger partial charge in [-0.3, -0.25) is 4.79 Å². The molecule has 0 aliphatic rings. The third-order valence-corrected chi connectivity index (χ3v) is 3.69. The van der Waals surface area contributed by atoms with E-state index in [-0.39, 0.29) is 11.6 Å². The first-order valence-corrected chi connectivity index (χ1v) is 7.63. The van der Waals surface area contributed by atoms with Crippen molar-refractivity contribution < 1.29 is 9.90 Å². The Kier molecular flexibility index (Phi) is 4.48. The van der Waals surface area contributed by atoms with Crippen LogP contribution in [0.15, 0.2) is 48.7 Å². The van der Waals surface area contributed by atoms with Gasteiger partial charge in [-0.2, -0.15) is 5.10 Å². The number of aromatic hydroxyl groups is 1. The van der Waals surface area contributed by atoms with Crippen molar-refractivity contribution >= 4 is 23.3 Å². The molecule has 2 aromatic heterocycles. The molecule has 3 rings (SSSR count). The van der Waals surface area contributed by atoms with Gasteiger partial charge in [0.15, 0.2) is 5.69 Å². The second-order valence-corrected chi connectivity index (χ2v) is 5.76. The molecule has 0 radical (unpaired) electrons. The van der Waals surface area contributed by atoms with Crippen molar-refractivity contribution in [2.75, 3.05) is 5.32 Å². The molecule has 122 valence electrons. The first-order chi connectivity index (χ1) is 11.5. The molecule has 3 aromatic rings. The normalized spacial score (nSPS) is 10.6. The number of carbonyl (C=O) groups excluding carboxylic acids is 1. The number of benzene rings is 1. The van der Waals surface area contributed by atoms with E-state index < -0.39 is 5.91 Å². The van der Waals surface area contributed by atoms with Gasteiger partial charge in [0, 0.05) is 24.3 Å². The second-order valence-electron chi connectivity index (χ2n) is 5.32. The number of aromatic nitrogens is 3. The van der Waals surface area contributed by atoms with Gasteiger partial charge in [-0.15, -0.1) is 0 Å². The predicted octanol–water partition coefficient (Wildman–Crippen LogP) is 3.02. The number of hydrogen-bond acceptors (Lipinski definition) is 4. The third-order valence-electron chi connectivity index (χ3n) is 3.45. The van der Waals surface area contributed by atoms with Crippen LogP contribution in [-0.2, 0) is 13.5 Å². The molecule has 0 saturated heterocycles. The molecule has 0 unspecified atom stereocenters. The molecule has 2 heterocycles. The van der Waals surface area contributed by atoms with Crippen LogP contribution >= 0.6 is 11.6 Å². The molecule has 2 N–H and O–H groups in total. The molecule has 1 aromatic carbocycles. The van der Waals surface area contributed by atoms with Crippen LogP contribution in [0.5, 0.6) is 5.88 Å². The minimum absolute atomic E-state index is 0.0787. The molecule has 0 fully saturated rings. The van der Waals surface area contributed by atoms with Gasteiger partial charge in [-0.05, 0) is 35.7 Å². The van der Waals surface area contributed by atoms with E-state index in [0.29, 0.717) is 17.3 Å². The smallest absolute Gasteiger partial charge is 0.277 e. The molecule has 0 bridgehead atoms. The molecule has 0 aliphatic heterocycles. The van der Waals surface area contributed by atoms with Gasteiger partial charge in [0.25, 0.3) is 5.91 Å². The zero-order valence-electron chi connectivity index (χ0n) is 12.9. The van der Waals surface area contributed by atoms with E-state index in [9.17, 15) is 9.90 Å². The lowest BCUT2D eigenvalue weighted by Crippen LogP contribution is -2.14. The van der Waals surface area contributed by atoms with E-state index in [4.69, 9.17) is 11.6 Å². The number of aryl methyl sites for hydroxylation is 1. The highest BCUT2D eigenvalue weighted by Crippen LogP contribution is 2.16. The first-order valence-electron chi connectivity index (χ1n) is 7.25. The Morgan fingerprint density at radius 1 is 1.25 bits per heavy atom. The zero-order chi connectivity index (χ0) is 17.1. The number of rotatable bonds is 4. The summed E-state index contributed by atoms with van der Waals surface area (Å²) < 4.78 is 1.22. The van der Waals surface area contributed by atoms with E-state index in [1.54, 1.807) is 19.3 Å². The van der Waals surface area contributed by atoms with Crippen LogP contribution in [0.2, 0.25) is 5.02 Å². The van der Waals surface area contributed by atoms with Crippen molar-refractivity contribution in [3.63, 3.8) is 0 Å². The number of carbonyl (C=O) groups is 1. The fraction of sp³-hybridized carbons (Fsp3) is 0.118. The van der Waals surface area contributed by atoms with Crippen LogP contribution in [-0.4, -0.2) is 25.8 Å². The summed E-state index contributed by atoms with van der Waals surface area (Å²) in [7, 11) is 1.55. The number of anilines is 1. The van der Waals surface area contributed by atoms with Crippen molar-refractivity contribution in [2.45, 2.75) is 6.42 Å². The summed E-state index contributed by atoms with van der Waals surface area (Å²) in [4.78, 5) is 16.3. The number of amides is 1. The molecule has 24 heavy (non-hydrogen) atoms. The molecule has 6 nitrogen and oxygen atoms in total. The maximum Gasteiger partial charge on any atom is 0.277 e. The summed E-state index contributed by atoms with van der Waals surface area (Å²) in [5.41, 5.74) is 2.22. The predicted molar refractivity (Wildman–Crippen MR) is 91.3 cm³/mol. The fourth-order valence-electron chi connectivity index (χ4n) is 2.23. The van der Waals surface area contributed by atoms with Crippen LogP contribution in [0.3, 0.4) is 0 Å². The van der Waals surface area contributed by atoms with Crippen molar-refractivity contribution in [2.24, 2.45) is 7.05 Å². The second kappa shape index (κ2) is 6.72. The topological polar surface area (TPSA) is 80.0 Å². The number of hydrogen-bond donors (Lipinski definition) is 2. The molecule has 1 amide bonds. The van der Waals surface area contributed by atoms with Crippen molar-refractivity contribution in [3.8, 4) is 5.88 Å². The minimum Gasteiger partial charge on any atom is -0.493 e. The van der Waals surface area contributed by atoms with E-state index in [1.807, 2.05) is 30.3 Å². The van der Waals surface area contributed by atoms with E-state index >= 15 is 0 Å². The Hall–Kier alpha value is -2.86. The van der Waals surface area contributed by atoms with Gasteiger partial charge in [0.1, 0.15) is 5.82 Å².